The van der Waals surface area contributed by atoms with Gasteiger partial charge in [-0.05, 0) is 62.6 Å². The van der Waals surface area contributed by atoms with Gasteiger partial charge in [0.05, 0.1) is 11.1 Å². The van der Waals surface area contributed by atoms with Gasteiger partial charge in [0.15, 0.2) is 6.61 Å². The molecule has 0 aromatic heterocycles. The van der Waals surface area contributed by atoms with Crippen LogP contribution < -0.4 is 19.7 Å². The van der Waals surface area contributed by atoms with Crippen LogP contribution in [0.15, 0.2) is 42.5 Å². The molecule has 0 fully saturated rings. The van der Waals surface area contributed by atoms with Crippen LogP contribution in [0.25, 0.3) is 0 Å². The maximum Gasteiger partial charge on any atom is 0.262 e. The third kappa shape index (κ3) is 5.12. The highest BCUT2D eigenvalue weighted by Crippen LogP contribution is 2.38. The van der Waals surface area contributed by atoms with Gasteiger partial charge in [0.2, 0.25) is 5.91 Å². The van der Waals surface area contributed by atoms with Gasteiger partial charge in [0.25, 0.3) is 5.91 Å². The lowest BCUT2D eigenvalue weighted by Gasteiger charge is -2.29. The van der Waals surface area contributed by atoms with E-state index < -0.39 is 5.41 Å². The van der Waals surface area contributed by atoms with Crippen molar-refractivity contribution < 1.29 is 19.1 Å². The molecule has 1 N–H and O–H groups in total. The third-order valence-electron chi connectivity index (χ3n) is 4.85. The molecule has 0 atom stereocenters. The maximum absolute atomic E-state index is 13.1. The van der Waals surface area contributed by atoms with Crippen molar-refractivity contribution >= 4 is 23.2 Å². The second-order valence-electron chi connectivity index (χ2n) is 8.82. The molecule has 6 nitrogen and oxygen atoms in total. The molecule has 2 aromatic rings. The second-order valence-corrected chi connectivity index (χ2v) is 8.82. The highest BCUT2D eigenvalue weighted by Gasteiger charge is 2.38. The summed E-state index contributed by atoms with van der Waals surface area (Å²) in [5, 5.41) is 2.85. The SMILES string of the molecule is Cc1cccc(OCC(=O)Nc2ccc3c(c2)N(CC(C)C)C(=O)C(C)(C)CO3)c1. The van der Waals surface area contributed by atoms with Gasteiger partial charge in [-0.15, -0.1) is 0 Å². The number of carbonyl (C=O) groups is 2. The Kier molecular flexibility index (Phi) is 6.34. The molecular weight excluding hydrogens is 380 g/mol. The number of nitrogens with zero attached hydrogens (tertiary/aromatic N) is 1. The fourth-order valence-electron chi connectivity index (χ4n) is 3.32. The Labute approximate surface area is 178 Å². The predicted molar refractivity (Wildman–Crippen MR) is 118 cm³/mol. The molecule has 0 radical (unpaired) electrons. The summed E-state index contributed by atoms with van der Waals surface area (Å²) in [5.74, 6) is 1.32. The van der Waals surface area contributed by atoms with E-state index in [1.165, 1.54) is 0 Å². The van der Waals surface area contributed by atoms with Crippen LogP contribution in [-0.2, 0) is 9.59 Å². The van der Waals surface area contributed by atoms with Gasteiger partial charge in [0, 0.05) is 12.2 Å². The summed E-state index contributed by atoms with van der Waals surface area (Å²) in [6.45, 7) is 10.7. The van der Waals surface area contributed by atoms with Crippen LogP contribution in [0.1, 0.15) is 33.3 Å². The van der Waals surface area contributed by atoms with E-state index in [1.807, 2.05) is 45.0 Å². The number of ether oxygens (including phenoxy) is 2. The molecule has 0 spiro atoms. The lowest BCUT2D eigenvalue weighted by atomic mass is 9.92. The van der Waals surface area contributed by atoms with Crippen LogP contribution in [0.5, 0.6) is 11.5 Å². The van der Waals surface area contributed by atoms with Crippen molar-refractivity contribution in [3.63, 3.8) is 0 Å². The molecule has 1 aliphatic rings. The summed E-state index contributed by atoms with van der Waals surface area (Å²) < 4.78 is 11.5. The Morgan fingerprint density at radius 3 is 2.70 bits per heavy atom. The minimum atomic E-state index is -0.626. The number of nitrogens with one attached hydrogen (secondary N) is 1. The van der Waals surface area contributed by atoms with Gasteiger partial charge in [0.1, 0.15) is 18.1 Å². The second kappa shape index (κ2) is 8.78. The molecule has 2 amide bonds. The molecule has 160 valence electrons. The largest absolute Gasteiger partial charge is 0.490 e. The standard InChI is InChI=1S/C24H30N2O4/c1-16(2)13-26-20-12-18(9-10-21(20)30-15-24(4,5)23(26)28)25-22(27)14-29-19-8-6-7-17(3)11-19/h6-12,16H,13-15H2,1-5H3,(H,25,27). The van der Waals surface area contributed by atoms with Crippen LogP contribution in [0, 0.1) is 18.3 Å². The number of aryl methyl sites for hydroxylation is 1. The van der Waals surface area contributed by atoms with Crippen LogP contribution in [0.4, 0.5) is 11.4 Å². The first-order chi connectivity index (χ1) is 14.2. The summed E-state index contributed by atoms with van der Waals surface area (Å²) in [6.07, 6.45) is 0. The number of fused-ring (bicyclic) bond motifs is 1. The predicted octanol–water partition coefficient (Wildman–Crippen LogP) is 4.42. The minimum Gasteiger partial charge on any atom is -0.490 e. The van der Waals surface area contributed by atoms with E-state index in [0.717, 1.165) is 5.56 Å². The van der Waals surface area contributed by atoms with E-state index >= 15 is 0 Å². The quantitative estimate of drug-likeness (QED) is 0.765. The first-order valence-corrected chi connectivity index (χ1v) is 10.2. The van der Waals surface area contributed by atoms with Crippen molar-refractivity contribution in [3.8, 4) is 11.5 Å². The van der Waals surface area contributed by atoms with Gasteiger partial charge in [-0.25, -0.2) is 0 Å². The number of hydrogen-bond acceptors (Lipinski definition) is 4. The Bertz CT molecular complexity index is 937. The van der Waals surface area contributed by atoms with E-state index in [9.17, 15) is 9.59 Å². The Morgan fingerprint density at radius 2 is 2.00 bits per heavy atom. The average Bonchev–Trinajstić information content (AvgIpc) is 2.77. The molecule has 1 heterocycles. The van der Waals surface area contributed by atoms with E-state index in [1.54, 1.807) is 23.1 Å². The average molecular weight is 411 g/mol. The normalized spacial score (nSPS) is 15.3. The van der Waals surface area contributed by atoms with Crippen molar-refractivity contribution in [2.45, 2.75) is 34.6 Å². The molecule has 0 saturated heterocycles. The summed E-state index contributed by atoms with van der Waals surface area (Å²) in [4.78, 5) is 27.3. The molecule has 30 heavy (non-hydrogen) atoms. The summed E-state index contributed by atoms with van der Waals surface area (Å²) in [7, 11) is 0. The number of amides is 2. The molecule has 1 aliphatic heterocycles. The summed E-state index contributed by atoms with van der Waals surface area (Å²) >= 11 is 0. The van der Waals surface area contributed by atoms with Gasteiger partial charge in [-0.1, -0.05) is 26.0 Å². The highest BCUT2D eigenvalue weighted by atomic mass is 16.5. The smallest absolute Gasteiger partial charge is 0.262 e. The fraction of sp³-hybridized carbons (Fsp3) is 0.417. The van der Waals surface area contributed by atoms with Crippen LogP contribution >= 0.6 is 0 Å². The van der Waals surface area contributed by atoms with E-state index in [4.69, 9.17) is 9.47 Å². The van der Waals surface area contributed by atoms with Gasteiger partial charge in [-0.3, -0.25) is 9.59 Å². The van der Waals surface area contributed by atoms with Crippen molar-refractivity contribution in [3.05, 3.63) is 48.0 Å². The zero-order valence-corrected chi connectivity index (χ0v) is 18.3. The molecule has 2 aromatic carbocycles. The molecule has 3 rings (SSSR count). The Morgan fingerprint density at radius 1 is 1.23 bits per heavy atom. The molecule has 0 unspecified atom stereocenters. The van der Waals surface area contributed by atoms with Crippen molar-refractivity contribution in [2.24, 2.45) is 11.3 Å². The van der Waals surface area contributed by atoms with E-state index in [0.29, 0.717) is 36.0 Å². The zero-order valence-electron chi connectivity index (χ0n) is 18.3. The molecule has 0 bridgehead atoms. The molecule has 0 saturated carbocycles. The number of rotatable bonds is 6. The van der Waals surface area contributed by atoms with Gasteiger partial charge < -0.3 is 19.7 Å². The third-order valence-corrected chi connectivity index (χ3v) is 4.85. The van der Waals surface area contributed by atoms with Crippen LogP contribution in [0.3, 0.4) is 0 Å². The van der Waals surface area contributed by atoms with Crippen molar-refractivity contribution in [1.29, 1.82) is 0 Å². The summed E-state index contributed by atoms with van der Waals surface area (Å²) in [6, 6.07) is 12.9. The Balaban J connectivity index is 1.76. The van der Waals surface area contributed by atoms with Crippen molar-refractivity contribution in [1.82, 2.24) is 0 Å². The lowest BCUT2D eigenvalue weighted by molar-refractivity contribution is -0.127. The van der Waals surface area contributed by atoms with E-state index in [-0.39, 0.29) is 24.3 Å². The highest BCUT2D eigenvalue weighted by molar-refractivity contribution is 6.00. The number of carbonyl (C=O) groups excluding carboxylic acids is 2. The lowest BCUT2D eigenvalue weighted by Crippen LogP contribution is -2.43. The zero-order chi connectivity index (χ0) is 21.9. The first kappa shape index (κ1) is 21.7. The topological polar surface area (TPSA) is 67.9 Å². The Hall–Kier alpha value is -3.02. The molecule has 6 heteroatoms. The van der Waals surface area contributed by atoms with Gasteiger partial charge >= 0.3 is 0 Å². The van der Waals surface area contributed by atoms with Gasteiger partial charge in [-0.2, -0.15) is 0 Å². The summed E-state index contributed by atoms with van der Waals surface area (Å²) in [5.41, 5.74) is 1.71. The molecule has 0 aliphatic carbocycles. The van der Waals surface area contributed by atoms with Crippen LogP contribution in [-0.4, -0.2) is 31.6 Å². The fourth-order valence-corrected chi connectivity index (χ4v) is 3.32. The first-order valence-electron chi connectivity index (χ1n) is 10.2. The van der Waals surface area contributed by atoms with E-state index in [2.05, 4.69) is 19.2 Å². The van der Waals surface area contributed by atoms with Crippen LogP contribution in [0.2, 0.25) is 0 Å². The number of anilines is 2. The molecular formula is C24H30N2O4. The number of hydrogen-bond donors (Lipinski definition) is 1. The monoisotopic (exact) mass is 410 g/mol. The van der Waals surface area contributed by atoms with Crippen molar-refractivity contribution in [2.75, 3.05) is 30.0 Å². The maximum atomic E-state index is 13.1. The minimum absolute atomic E-state index is 0.0150. The number of benzene rings is 2.